The van der Waals surface area contributed by atoms with Crippen LogP contribution in [0.4, 0.5) is 10.5 Å². The van der Waals surface area contributed by atoms with E-state index >= 15 is 0 Å². The highest BCUT2D eigenvalue weighted by molar-refractivity contribution is 5.90. The molecule has 2 aliphatic rings. The van der Waals surface area contributed by atoms with Gasteiger partial charge in [0.15, 0.2) is 0 Å². The zero-order valence-electron chi connectivity index (χ0n) is 13.1. The van der Waals surface area contributed by atoms with Gasteiger partial charge in [-0.2, -0.15) is 0 Å². The van der Waals surface area contributed by atoms with E-state index in [-0.39, 0.29) is 24.6 Å². The van der Waals surface area contributed by atoms with E-state index in [0.717, 1.165) is 29.8 Å². The molecule has 0 heterocycles. The smallest absolute Gasteiger partial charge is 0.319 e. The van der Waals surface area contributed by atoms with E-state index < -0.39 is 0 Å². The van der Waals surface area contributed by atoms with Crippen molar-refractivity contribution in [2.45, 2.75) is 32.2 Å². The lowest BCUT2D eigenvalue weighted by Crippen LogP contribution is -2.46. The Balaban J connectivity index is 1.63. The quantitative estimate of drug-likeness (QED) is 0.800. The number of amides is 2. The zero-order chi connectivity index (χ0) is 15.7. The third-order valence-electron chi connectivity index (χ3n) is 5.28. The Morgan fingerprint density at radius 1 is 1.36 bits per heavy atom. The summed E-state index contributed by atoms with van der Waals surface area (Å²) in [4.78, 5) is 12.3. The Labute approximate surface area is 131 Å². The van der Waals surface area contributed by atoms with Gasteiger partial charge >= 0.3 is 6.03 Å². The van der Waals surface area contributed by atoms with Crippen molar-refractivity contribution in [3.63, 3.8) is 0 Å². The average Bonchev–Trinajstić information content (AvgIpc) is 3.10. The molecule has 22 heavy (non-hydrogen) atoms. The minimum absolute atomic E-state index is 0.0994. The van der Waals surface area contributed by atoms with Crippen molar-refractivity contribution in [2.75, 3.05) is 19.0 Å². The van der Waals surface area contributed by atoms with Crippen LogP contribution in [-0.4, -0.2) is 30.9 Å². The summed E-state index contributed by atoms with van der Waals surface area (Å²) in [7, 11) is 1.62. The first-order valence-corrected chi connectivity index (χ1v) is 7.95. The lowest BCUT2D eigenvalue weighted by Gasteiger charge is -2.30. The number of carbonyl (C=O) groups is 1. The second kappa shape index (κ2) is 6.16. The number of rotatable bonds is 4. The van der Waals surface area contributed by atoms with Gasteiger partial charge in [-0.15, -0.1) is 0 Å². The Bertz CT molecular complexity index is 561. The number of aliphatic hydroxyl groups excluding tert-OH is 1. The summed E-state index contributed by atoms with van der Waals surface area (Å²) in [5.41, 5.74) is 1.74. The highest BCUT2D eigenvalue weighted by atomic mass is 16.5. The highest BCUT2D eigenvalue weighted by Gasteiger charge is 2.47. The molecule has 5 nitrogen and oxygen atoms in total. The Morgan fingerprint density at radius 3 is 2.82 bits per heavy atom. The molecule has 0 aromatic heterocycles. The second-order valence-corrected chi connectivity index (χ2v) is 6.48. The van der Waals surface area contributed by atoms with Crippen LogP contribution in [0.25, 0.3) is 0 Å². The van der Waals surface area contributed by atoms with Gasteiger partial charge in [0.05, 0.1) is 7.11 Å². The van der Waals surface area contributed by atoms with Crippen LogP contribution in [0.15, 0.2) is 18.2 Å². The standard InChI is InChI=1S/C17H24N2O3/c1-10-7-13(22-2)5-6-15(10)18-17(21)19-16-12-4-3-11(8-12)14(16)9-20/h5-7,11-12,14,16,20H,3-4,8-9H2,1-2H3,(H2,18,19,21). The number of aryl methyl sites for hydroxylation is 1. The van der Waals surface area contributed by atoms with Gasteiger partial charge in [-0.1, -0.05) is 0 Å². The number of urea groups is 1. The van der Waals surface area contributed by atoms with Crippen molar-refractivity contribution in [2.24, 2.45) is 17.8 Å². The normalized spacial score (nSPS) is 29.4. The molecule has 3 N–H and O–H groups in total. The van der Waals surface area contributed by atoms with E-state index in [1.54, 1.807) is 7.11 Å². The maximum absolute atomic E-state index is 12.3. The molecule has 2 fully saturated rings. The molecule has 2 aliphatic carbocycles. The fourth-order valence-corrected chi connectivity index (χ4v) is 4.11. The van der Waals surface area contributed by atoms with Crippen LogP contribution >= 0.6 is 0 Å². The van der Waals surface area contributed by atoms with Crippen molar-refractivity contribution in [1.29, 1.82) is 0 Å². The molecule has 2 amide bonds. The fraction of sp³-hybridized carbons (Fsp3) is 0.588. The van der Waals surface area contributed by atoms with Crippen molar-refractivity contribution in [3.05, 3.63) is 23.8 Å². The van der Waals surface area contributed by atoms with Crippen molar-refractivity contribution < 1.29 is 14.6 Å². The number of aliphatic hydroxyl groups is 1. The topological polar surface area (TPSA) is 70.6 Å². The van der Waals surface area contributed by atoms with Crippen molar-refractivity contribution >= 4 is 11.7 Å². The van der Waals surface area contributed by atoms with Gasteiger partial charge in [0.25, 0.3) is 0 Å². The highest BCUT2D eigenvalue weighted by Crippen LogP contribution is 2.48. The van der Waals surface area contributed by atoms with Crippen LogP contribution in [0.1, 0.15) is 24.8 Å². The number of hydrogen-bond acceptors (Lipinski definition) is 3. The lowest BCUT2D eigenvalue weighted by molar-refractivity contribution is 0.146. The van der Waals surface area contributed by atoms with E-state index in [0.29, 0.717) is 11.8 Å². The molecule has 1 aromatic rings. The number of ether oxygens (including phenoxy) is 1. The zero-order valence-corrected chi connectivity index (χ0v) is 13.1. The molecule has 4 atom stereocenters. The second-order valence-electron chi connectivity index (χ2n) is 6.48. The fourth-order valence-electron chi connectivity index (χ4n) is 4.11. The summed E-state index contributed by atoms with van der Waals surface area (Å²) in [5.74, 6) is 2.08. The Hall–Kier alpha value is -1.75. The van der Waals surface area contributed by atoms with Crippen LogP contribution in [0, 0.1) is 24.7 Å². The first-order valence-electron chi connectivity index (χ1n) is 7.95. The average molecular weight is 304 g/mol. The predicted molar refractivity (Wildman–Crippen MR) is 85.1 cm³/mol. The van der Waals surface area contributed by atoms with E-state index in [2.05, 4.69) is 10.6 Å². The third kappa shape index (κ3) is 2.77. The summed E-state index contributed by atoms with van der Waals surface area (Å²) in [6.45, 7) is 2.10. The number of carbonyl (C=O) groups excluding carboxylic acids is 1. The molecule has 5 heteroatoms. The van der Waals surface area contributed by atoms with Gasteiger partial charge in [-0.05, 0) is 61.8 Å². The maximum Gasteiger partial charge on any atom is 0.319 e. The molecule has 1 aromatic carbocycles. The molecular weight excluding hydrogens is 280 g/mol. The SMILES string of the molecule is COc1ccc(NC(=O)NC2C3CCC(C3)C2CO)c(C)c1. The molecule has 4 unspecified atom stereocenters. The number of hydrogen-bond donors (Lipinski definition) is 3. The Kier molecular flexibility index (Phi) is 4.25. The summed E-state index contributed by atoms with van der Waals surface area (Å²) >= 11 is 0. The van der Waals surface area contributed by atoms with Crippen LogP contribution in [0.3, 0.4) is 0 Å². The van der Waals surface area contributed by atoms with Gasteiger partial charge in [-0.25, -0.2) is 4.79 Å². The summed E-state index contributed by atoms with van der Waals surface area (Å²) < 4.78 is 5.17. The lowest BCUT2D eigenvalue weighted by atomic mass is 9.85. The first-order chi connectivity index (χ1) is 10.6. The van der Waals surface area contributed by atoms with Gasteiger partial charge in [0, 0.05) is 24.3 Å². The van der Waals surface area contributed by atoms with E-state index in [1.165, 1.54) is 6.42 Å². The molecule has 0 radical (unpaired) electrons. The van der Waals surface area contributed by atoms with E-state index in [1.807, 2.05) is 25.1 Å². The molecule has 0 aliphatic heterocycles. The number of benzene rings is 1. The van der Waals surface area contributed by atoms with Gasteiger partial charge in [0.2, 0.25) is 0 Å². The van der Waals surface area contributed by atoms with E-state index in [9.17, 15) is 9.90 Å². The van der Waals surface area contributed by atoms with Crippen LogP contribution < -0.4 is 15.4 Å². The number of fused-ring (bicyclic) bond motifs is 2. The van der Waals surface area contributed by atoms with Crippen LogP contribution in [0.5, 0.6) is 5.75 Å². The predicted octanol–water partition coefficient (Wildman–Crippen LogP) is 2.53. The van der Waals surface area contributed by atoms with Gasteiger partial charge in [-0.3, -0.25) is 0 Å². The van der Waals surface area contributed by atoms with Crippen molar-refractivity contribution in [1.82, 2.24) is 5.32 Å². The summed E-state index contributed by atoms with van der Waals surface area (Å²) in [5, 5.41) is 15.6. The molecular formula is C17H24N2O3. The first kappa shape index (κ1) is 15.2. The molecule has 3 rings (SSSR count). The molecule has 2 saturated carbocycles. The number of methoxy groups -OCH3 is 1. The maximum atomic E-state index is 12.3. The molecule has 0 saturated heterocycles. The Morgan fingerprint density at radius 2 is 2.14 bits per heavy atom. The molecule has 2 bridgehead atoms. The van der Waals surface area contributed by atoms with Crippen molar-refractivity contribution in [3.8, 4) is 5.75 Å². The minimum Gasteiger partial charge on any atom is -0.497 e. The number of nitrogens with one attached hydrogen (secondary N) is 2. The number of anilines is 1. The largest absolute Gasteiger partial charge is 0.497 e. The molecule has 0 spiro atoms. The summed E-state index contributed by atoms with van der Waals surface area (Å²) in [6, 6.07) is 5.48. The minimum atomic E-state index is -0.190. The van der Waals surface area contributed by atoms with Gasteiger partial charge in [0.1, 0.15) is 5.75 Å². The molecule has 120 valence electrons. The third-order valence-corrected chi connectivity index (χ3v) is 5.28. The monoisotopic (exact) mass is 304 g/mol. The van der Waals surface area contributed by atoms with Crippen LogP contribution in [0.2, 0.25) is 0 Å². The van der Waals surface area contributed by atoms with Crippen LogP contribution in [-0.2, 0) is 0 Å². The summed E-state index contributed by atoms with van der Waals surface area (Å²) in [6.07, 6.45) is 3.48. The van der Waals surface area contributed by atoms with E-state index in [4.69, 9.17) is 4.74 Å². The van der Waals surface area contributed by atoms with Gasteiger partial charge < -0.3 is 20.5 Å².